The number of carbonyl (C=O) groups is 2. The SMILES string of the molecule is Cc1sc(NC(=O)N2CCN(C)CC2C)c(C(=O)O)c1C. The van der Waals surface area contributed by atoms with E-state index < -0.39 is 5.97 Å². The summed E-state index contributed by atoms with van der Waals surface area (Å²) in [4.78, 5) is 28.6. The zero-order chi connectivity index (χ0) is 15.7. The Morgan fingerprint density at radius 1 is 1.33 bits per heavy atom. The van der Waals surface area contributed by atoms with Crippen molar-refractivity contribution < 1.29 is 14.7 Å². The van der Waals surface area contributed by atoms with Gasteiger partial charge in [0.15, 0.2) is 0 Å². The van der Waals surface area contributed by atoms with Crippen molar-refractivity contribution >= 4 is 28.3 Å². The van der Waals surface area contributed by atoms with Crippen molar-refractivity contribution in [3.05, 3.63) is 16.0 Å². The zero-order valence-electron chi connectivity index (χ0n) is 12.8. The van der Waals surface area contributed by atoms with Crippen LogP contribution in [0.5, 0.6) is 0 Å². The van der Waals surface area contributed by atoms with Crippen LogP contribution in [0.25, 0.3) is 0 Å². The largest absolute Gasteiger partial charge is 0.478 e. The molecule has 0 spiro atoms. The van der Waals surface area contributed by atoms with Crippen LogP contribution < -0.4 is 5.32 Å². The van der Waals surface area contributed by atoms with Crippen LogP contribution in [-0.4, -0.2) is 59.6 Å². The fraction of sp³-hybridized carbons (Fsp3) is 0.571. The third kappa shape index (κ3) is 3.19. The van der Waals surface area contributed by atoms with Gasteiger partial charge < -0.3 is 14.9 Å². The maximum atomic E-state index is 12.4. The van der Waals surface area contributed by atoms with E-state index in [0.717, 1.165) is 18.0 Å². The molecule has 7 heteroatoms. The molecule has 1 atom stereocenters. The molecule has 2 heterocycles. The van der Waals surface area contributed by atoms with Crippen LogP contribution >= 0.6 is 11.3 Å². The molecule has 1 unspecified atom stereocenters. The van der Waals surface area contributed by atoms with E-state index in [2.05, 4.69) is 10.2 Å². The molecule has 2 rings (SSSR count). The second-order valence-electron chi connectivity index (χ2n) is 5.53. The van der Waals surface area contributed by atoms with Crippen LogP contribution in [0.4, 0.5) is 9.80 Å². The molecule has 1 aromatic rings. The number of carboxylic acids is 1. The second kappa shape index (κ2) is 6.03. The number of amides is 2. The lowest BCUT2D eigenvalue weighted by molar-refractivity contribution is 0.0697. The van der Waals surface area contributed by atoms with E-state index in [0.29, 0.717) is 17.1 Å². The number of carboxylic acid groups (broad SMARTS) is 1. The van der Waals surface area contributed by atoms with E-state index in [4.69, 9.17) is 0 Å². The van der Waals surface area contributed by atoms with Gasteiger partial charge in [-0.05, 0) is 33.4 Å². The van der Waals surface area contributed by atoms with Crippen LogP contribution in [0.15, 0.2) is 0 Å². The number of hydrogen-bond donors (Lipinski definition) is 2. The Balaban J connectivity index is 2.17. The van der Waals surface area contributed by atoms with Crippen LogP contribution in [0.3, 0.4) is 0 Å². The first-order chi connectivity index (χ1) is 9.81. The molecule has 0 radical (unpaired) electrons. The highest BCUT2D eigenvalue weighted by Gasteiger charge is 2.28. The van der Waals surface area contributed by atoms with Gasteiger partial charge in [-0.25, -0.2) is 9.59 Å². The van der Waals surface area contributed by atoms with Gasteiger partial charge in [0.2, 0.25) is 0 Å². The molecule has 1 saturated heterocycles. The Kier molecular flexibility index (Phi) is 4.53. The summed E-state index contributed by atoms with van der Waals surface area (Å²) in [5.41, 5.74) is 0.918. The number of nitrogens with zero attached hydrogens (tertiary/aromatic N) is 2. The fourth-order valence-corrected chi connectivity index (χ4v) is 3.63. The van der Waals surface area contributed by atoms with Crippen molar-refractivity contribution in [1.82, 2.24) is 9.80 Å². The van der Waals surface area contributed by atoms with Gasteiger partial charge in [0.25, 0.3) is 0 Å². The summed E-state index contributed by atoms with van der Waals surface area (Å²) in [5.74, 6) is -1.00. The number of hydrogen-bond acceptors (Lipinski definition) is 4. The summed E-state index contributed by atoms with van der Waals surface area (Å²) in [6, 6.07) is -0.112. The maximum absolute atomic E-state index is 12.4. The normalized spacial score (nSPS) is 19.6. The van der Waals surface area contributed by atoms with Crippen molar-refractivity contribution in [2.45, 2.75) is 26.8 Å². The van der Waals surface area contributed by atoms with E-state index in [1.54, 1.807) is 11.8 Å². The third-order valence-electron chi connectivity index (χ3n) is 3.91. The van der Waals surface area contributed by atoms with Gasteiger partial charge in [0, 0.05) is 30.6 Å². The lowest BCUT2D eigenvalue weighted by atomic mass is 10.1. The molecule has 116 valence electrons. The van der Waals surface area contributed by atoms with E-state index in [1.807, 2.05) is 20.9 Å². The molecule has 1 fully saturated rings. The summed E-state index contributed by atoms with van der Waals surface area (Å²) >= 11 is 1.31. The van der Waals surface area contributed by atoms with Crippen molar-refractivity contribution in [2.75, 3.05) is 32.0 Å². The molecule has 6 nitrogen and oxygen atoms in total. The van der Waals surface area contributed by atoms with Crippen LogP contribution in [0, 0.1) is 13.8 Å². The first kappa shape index (κ1) is 15.8. The van der Waals surface area contributed by atoms with Crippen molar-refractivity contribution in [2.24, 2.45) is 0 Å². The van der Waals surface area contributed by atoms with Gasteiger partial charge >= 0.3 is 12.0 Å². The number of piperazine rings is 1. The number of carbonyl (C=O) groups excluding carboxylic acids is 1. The Labute approximate surface area is 128 Å². The van der Waals surface area contributed by atoms with E-state index in [9.17, 15) is 14.7 Å². The smallest absolute Gasteiger partial charge is 0.338 e. The summed E-state index contributed by atoms with van der Waals surface area (Å²) in [6.07, 6.45) is 0. The molecule has 1 aromatic heterocycles. The third-order valence-corrected chi connectivity index (χ3v) is 5.03. The number of likely N-dealkylation sites (N-methyl/N-ethyl adjacent to an activating group) is 1. The Hall–Kier alpha value is -1.60. The van der Waals surface area contributed by atoms with Gasteiger partial charge in [-0.2, -0.15) is 0 Å². The summed E-state index contributed by atoms with van der Waals surface area (Å²) in [6.45, 7) is 7.92. The zero-order valence-corrected chi connectivity index (χ0v) is 13.6. The lowest BCUT2D eigenvalue weighted by Gasteiger charge is -2.38. The Bertz CT molecular complexity index is 570. The van der Waals surface area contributed by atoms with Crippen molar-refractivity contribution in [1.29, 1.82) is 0 Å². The molecule has 2 amide bonds. The number of aromatic carboxylic acids is 1. The van der Waals surface area contributed by atoms with Crippen molar-refractivity contribution in [3.63, 3.8) is 0 Å². The number of rotatable bonds is 2. The summed E-state index contributed by atoms with van der Waals surface area (Å²) < 4.78 is 0. The molecule has 0 aliphatic carbocycles. The van der Waals surface area contributed by atoms with Crippen LogP contribution in [-0.2, 0) is 0 Å². The summed E-state index contributed by atoms with van der Waals surface area (Å²) in [7, 11) is 2.03. The minimum Gasteiger partial charge on any atom is -0.478 e. The Morgan fingerprint density at radius 2 is 2.00 bits per heavy atom. The highest BCUT2D eigenvalue weighted by molar-refractivity contribution is 7.16. The average molecular weight is 311 g/mol. The monoisotopic (exact) mass is 311 g/mol. The average Bonchev–Trinajstić information content (AvgIpc) is 2.64. The number of urea groups is 1. The summed E-state index contributed by atoms with van der Waals surface area (Å²) in [5, 5.41) is 12.5. The van der Waals surface area contributed by atoms with Gasteiger partial charge in [0.1, 0.15) is 5.00 Å². The first-order valence-corrected chi connectivity index (χ1v) is 7.72. The number of thiophene rings is 1. The van der Waals surface area contributed by atoms with E-state index in [-0.39, 0.29) is 17.6 Å². The fourth-order valence-electron chi connectivity index (χ4n) is 2.58. The number of aryl methyl sites for hydroxylation is 1. The predicted molar refractivity (Wildman–Crippen MR) is 83.4 cm³/mol. The highest BCUT2D eigenvalue weighted by atomic mass is 32.1. The highest BCUT2D eigenvalue weighted by Crippen LogP contribution is 2.32. The number of anilines is 1. The van der Waals surface area contributed by atoms with Crippen molar-refractivity contribution in [3.8, 4) is 0 Å². The van der Waals surface area contributed by atoms with Gasteiger partial charge in [-0.3, -0.25) is 5.32 Å². The lowest BCUT2D eigenvalue weighted by Crippen LogP contribution is -2.53. The minimum atomic E-state index is -1.00. The first-order valence-electron chi connectivity index (χ1n) is 6.90. The standard InChI is InChI=1S/C14H21N3O3S/c1-8-7-16(4)5-6-17(8)14(20)15-12-11(13(18)19)9(2)10(3)21-12/h8H,5-7H2,1-4H3,(H,15,20)(H,18,19). The molecule has 0 aromatic carbocycles. The molecular formula is C14H21N3O3S. The molecular weight excluding hydrogens is 290 g/mol. The predicted octanol–water partition coefficient (Wildman–Crippen LogP) is 2.23. The topological polar surface area (TPSA) is 72.9 Å². The maximum Gasteiger partial charge on any atom is 0.338 e. The number of nitrogens with one attached hydrogen (secondary N) is 1. The van der Waals surface area contributed by atoms with Gasteiger partial charge in [0.05, 0.1) is 5.56 Å². The van der Waals surface area contributed by atoms with E-state index >= 15 is 0 Å². The van der Waals surface area contributed by atoms with Crippen LogP contribution in [0.1, 0.15) is 27.7 Å². The van der Waals surface area contributed by atoms with E-state index in [1.165, 1.54) is 11.3 Å². The second-order valence-corrected chi connectivity index (χ2v) is 6.75. The van der Waals surface area contributed by atoms with Crippen LogP contribution in [0.2, 0.25) is 0 Å². The minimum absolute atomic E-state index is 0.110. The molecule has 21 heavy (non-hydrogen) atoms. The molecule has 1 aliphatic heterocycles. The quantitative estimate of drug-likeness (QED) is 0.878. The van der Waals surface area contributed by atoms with Gasteiger partial charge in [-0.1, -0.05) is 0 Å². The molecule has 2 N–H and O–H groups in total. The van der Waals surface area contributed by atoms with Gasteiger partial charge in [-0.15, -0.1) is 11.3 Å². The molecule has 1 aliphatic rings. The molecule has 0 bridgehead atoms. The Morgan fingerprint density at radius 3 is 2.57 bits per heavy atom. The molecule has 0 saturated carbocycles.